The summed E-state index contributed by atoms with van der Waals surface area (Å²) in [5.41, 5.74) is 6.21. The largest absolute Gasteiger partial charge is 0.383 e. The second kappa shape index (κ2) is 8.17. The molecule has 1 atom stereocenters. The minimum Gasteiger partial charge on any atom is -0.383 e. The van der Waals surface area contributed by atoms with Crippen LogP contribution in [0.3, 0.4) is 0 Å². The average Bonchev–Trinajstić information content (AvgIpc) is 2.43. The number of methoxy groups -OCH3 is 1. The summed E-state index contributed by atoms with van der Waals surface area (Å²) in [6, 6.07) is -0.271. The van der Waals surface area contributed by atoms with E-state index in [0.717, 1.165) is 26.1 Å². The minimum atomic E-state index is -0.552. The zero-order valence-corrected chi connectivity index (χ0v) is 13.0. The van der Waals surface area contributed by atoms with Crippen LogP contribution in [0, 0.1) is 5.41 Å². The number of amides is 1. The zero-order valence-electron chi connectivity index (χ0n) is 12.2. The van der Waals surface area contributed by atoms with Crippen LogP contribution in [0.1, 0.15) is 38.5 Å². The predicted octanol–water partition coefficient (Wildman–Crippen LogP) is 1.24. The van der Waals surface area contributed by atoms with E-state index in [0.29, 0.717) is 5.41 Å². The average molecular weight is 307 g/mol. The number of hydrogen-bond acceptors (Lipinski definition) is 4. The van der Waals surface area contributed by atoms with E-state index in [4.69, 9.17) is 15.2 Å². The number of halogens is 1. The van der Waals surface area contributed by atoms with Gasteiger partial charge in [-0.25, -0.2) is 0 Å². The number of carbonyl (C=O) groups is 1. The number of nitrogens with two attached hydrogens (primary N) is 1. The molecular weight excluding hydrogens is 280 g/mol. The fourth-order valence-corrected chi connectivity index (χ4v) is 3.24. The monoisotopic (exact) mass is 306 g/mol. The maximum Gasteiger partial charge on any atom is 0.239 e. The molecule has 1 saturated carbocycles. The van der Waals surface area contributed by atoms with E-state index in [2.05, 4.69) is 5.32 Å². The lowest BCUT2D eigenvalue weighted by molar-refractivity contribution is -0.124. The molecule has 1 aliphatic heterocycles. The number of nitrogens with one attached hydrogen (secondary N) is 1. The Morgan fingerprint density at radius 3 is 2.50 bits per heavy atom. The minimum absolute atomic E-state index is 0. The second-order valence-electron chi connectivity index (χ2n) is 5.96. The Morgan fingerprint density at radius 2 is 1.95 bits per heavy atom. The third-order valence-electron chi connectivity index (χ3n) is 4.63. The first-order chi connectivity index (χ1) is 9.15. The van der Waals surface area contributed by atoms with Crippen LogP contribution < -0.4 is 11.1 Å². The molecule has 1 amide bonds. The number of carbonyl (C=O) groups excluding carboxylic acids is 1. The molecule has 0 aromatic heterocycles. The summed E-state index contributed by atoms with van der Waals surface area (Å²) in [5.74, 6) is -0.0882. The maximum absolute atomic E-state index is 11.8. The Morgan fingerprint density at radius 1 is 1.35 bits per heavy atom. The first kappa shape index (κ1) is 17.7. The summed E-state index contributed by atoms with van der Waals surface area (Å²) in [7, 11) is 1.56. The van der Waals surface area contributed by atoms with Crippen molar-refractivity contribution in [1.29, 1.82) is 0 Å². The SMILES string of the molecule is COCC(N)C(=O)NC1CCC2(CCOCC2)CC1.Cl. The first-order valence-electron chi connectivity index (χ1n) is 7.28. The van der Waals surface area contributed by atoms with E-state index >= 15 is 0 Å². The lowest BCUT2D eigenvalue weighted by atomic mass is 9.68. The molecule has 118 valence electrons. The summed E-state index contributed by atoms with van der Waals surface area (Å²) < 4.78 is 10.4. The van der Waals surface area contributed by atoms with Gasteiger partial charge in [0.15, 0.2) is 0 Å². The highest BCUT2D eigenvalue weighted by atomic mass is 35.5. The van der Waals surface area contributed by atoms with Crippen molar-refractivity contribution in [2.24, 2.45) is 11.1 Å². The molecule has 1 unspecified atom stereocenters. The highest BCUT2D eigenvalue weighted by Crippen LogP contribution is 2.43. The van der Waals surface area contributed by atoms with E-state index in [9.17, 15) is 4.79 Å². The van der Waals surface area contributed by atoms with Gasteiger partial charge in [0, 0.05) is 26.4 Å². The van der Waals surface area contributed by atoms with Crippen molar-refractivity contribution in [2.45, 2.75) is 50.6 Å². The van der Waals surface area contributed by atoms with Crippen molar-refractivity contribution in [3.63, 3.8) is 0 Å². The Kier molecular flexibility index (Phi) is 7.23. The van der Waals surface area contributed by atoms with E-state index in [1.54, 1.807) is 7.11 Å². The molecule has 0 aromatic rings. The molecule has 0 aromatic carbocycles. The van der Waals surface area contributed by atoms with Crippen molar-refractivity contribution in [2.75, 3.05) is 26.9 Å². The smallest absolute Gasteiger partial charge is 0.239 e. The summed E-state index contributed by atoms with van der Waals surface area (Å²) in [6.45, 7) is 2.07. The molecule has 3 N–H and O–H groups in total. The van der Waals surface area contributed by atoms with Crippen molar-refractivity contribution in [3.8, 4) is 0 Å². The van der Waals surface area contributed by atoms with Gasteiger partial charge in [-0.05, 0) is 43.9 Å². The van der Waals surface area contributed by atoms with Crippen LogP contribution in [-0.2, 0) is 14.3 Å². The summed E-state index contributed by atoms with van der Waals surface area (Å²) >= 11 is 0. The number of ether oxygens (including phenoxy) is 2. The second-order valence-corrected chi connectivity index (χ2v) is 5.96. The van der Waals surface area contributed by atoms with E-state index in [1.807, 2.05) is 0 Å². The van der Waals surface area contributed by atoms with Crippen LogP contribution in [0.2, 0.25) is 0 Å². The van der Waals surface area contributed by atoms with Gasteiger partial charge in [0.1, 0.15) is 6.04 Å². The molecule has 2 rings (SSSR count). The van der Waals surface area contributed by atoms with E-state index < -0.39 is 6.04 Å². The van der Waals surface area contributed by atoms with Crippen molar-refractivity contribution in [1.82, 2.24) is 5.32 Å². The summed E-state index contributed by atoms with van der Waals surface area (Å²) in [6.07, 6.45) is 6.87. The number of rotatable bonds is 4. The van der Waals surface area contributed by atoms with Crippen molar-refractivity contribution < 1.29 is 14.3 Å². The third-order valence-corrected chi connectivity index (χ3v) is 4.63. The Hall–Kier alpha value is -0.360. The van der Waals surface area contributed by atoms with Crippen molar-refractivity contribution >= 4 is 18.3 Å². The molecule has 0 radical (unpaired) electrons. The molecule has 1 saturated heterocycles. The Labute approximate surface area is 127 Å². The normalized spacial score (nSPS) is 23.9. The molecule has 1 spiro atoms. The van der Waals surface area contributed by atoms with Gasteiger partial charge in [-0.2, -0.15) is 0 Å². The fraction of sp³-hybridized carbons (Fsp3) is 0.929. The quantitative estimate of drug-likeness (QED) is 0.819. The fourth-order valence-electron chi connectivity index (χ4n) is 3.24. The summed E-state index contributed by atoms with van der Waals surface area (Å²) in [5, 5.41) is 3.05. The lowest BCUT2D eigenvalue weighted by Gasteiger charge is -2.43. The number of hydrogen-bond donors (Lipinski definition) is 2. The van der Waals surface area contributed by atoms with Gasteiger partial charge in [0.25, 0.3) is 0 Å². The Balaban J connectivity index is 0.00000200. The van der Waals surface area contributed by atoms with Gasteiger partial charge in [0.05, 0.1) is 6.61 Å². The topological polar surface area (TPSA) is 73.6 Å². The van der Waals surface area contributed by atoms with Gasteiger partial charge in [-0.15, -0.1) is 12.4 Å². The third kappa shape index (κ3) is 4.58. The molecule has 0 bridgehead atoms. The standard InChI is InChI=1S/C14H26N2O3.ClH/c1-18-10-12(15)13(17)16-11-2-4-14(5-3-11)6-8-19-9-7-14;/h11-12H,2-10,15H2,1H3,(H,16,17);1H. The van der Waals surface area contributed by atoms with Crippen LogP contribution in [0.4, 0.5) is 0 Å². The molecule has 6 heteroatoms. The first-order valence-corrected chi connectivity index (χ1v) is 7.28. The molecule has 1 aliphatic carbocycles. The lowest BCUT2D eigenvalue weighted by Crippen LogP contribution is -2.49. The van der Waals surface area contributed by atoms with E-state index in [-0.39, 0.29) is 31.0 Å². The van der Waals surface area contributed by atoms with Crippen LogP contribution in [0.15, 0.2) is 0 Å². The molecule has 1 heterocycles. The highest BCUT2D eigenvalue weighted by molar-refractivity contribution is 5.85. The van der Waals surface area contributed by atoms with Crippen LogP contribution in [0.25, 0.3) is 0 Å². The van der Waals surface area contributed by atoms with Crippen LogP contribution in [0.5, 0.6) is 0 Å². The van der Waals surface area contributed by atoms with Crippen LogP contribution >= 0.6 is 12.4 Å². The highest BCUT2D eigenvalue weighted by Gasteiger charge is 2.37. The van der Waals surface area contributed by atoms with Crippen molar-refractivity contribution in [3.05, 3.63) is 0 Å². The maximum atomic E-state index is 11.8. The van der Waals surface area contributed by atoms with Gasteiger partial charge in [0.2, 0.25) is 5.91 Å². The van der Waals surface area contributed by atoms with Gasteiger partial charge >= 0.3 is 0 Å². The zero-order chi connectivity index (χ0) is 13.7. The van der Waals surface area contributed by atoms with Gasteiger partial charge < -0.3 is 20.5 Å². The van der Waals surface area contributed by atoms with Crippen LogP contribution in [-0.4, -0.2) is 44.9 Å². The molecular formula is C14H27ClN2O3. The van der Waals surface area contributed by atoms with E-state index in [1.165, 1.54) is 25.7 Å². The van der Waals surface area contributed by atoms with Gasteiger partial charge in [-0.3, -0.25) is 4.79 Å². The molecule has 20 heavy (non-hydrogen) atoms. The van der Waals surface area contributed by atoms with Gasteiger partial charge in [-0.1, -0.05) is 0 Å². The molecule has 2 aliphatic rings. The molecule has 2 fully saturated rings. The Bertz CT molecular complexity index is 299. The summed E-state index contributed by atoms with van der Waals surface area (Å²) in [4.78, 5) is 11.8. The molecule has 5 nitrogen and oxygen atoms in total. The predicted molar refractivity (Wildman–Crippen MR) is 80.0 cm³/mol.